The quantitative estimate of drug-likeness (QED) is 0.240. The lowest BCUT2D eigenvalue weighted by Gasteiger charge is -2.26. The number of rotatable bonds is 12. The first-order valence-electron chi connectivity index (χ1n) is 13.7. The number of nitrogens with zero attached hydrogens (tertiary/aromatic N) is 3. The van der Waals surface area contributed by atoms with Gasteiger partial charge in [-0.15, -0.1) is 0 Å². The van der Waals surface area contributed by atoms with Crippen LogP contribution >= 0.6 is 11.6 Å². The van der Waals surface area contributed by atoms with Crippen LogP contribution in [0.25, 0.3) is 22.4 Å². The molecule has 0 bridgehead atoms. The fraction of sp³-hybridized carbons (Fsp3) is 0.387. The van der Waals surface area contributed by atoms with Gasteiger partial charge in [-0.2, -0.15) is 0 Å². The van der Waals surface area contributed by atoms with Crippen molar-refractivity contribution in [3.8, 4) is 22.9 Å². The van der Waals surface area contributed by atoms with Gasteiger partial charge in [0.1, 0.15) is 23.9 Å². The van der Waals surface area contributed by atoms with E-state index >= 15 is 0 Å². The summed E-state index contributed by atoms with van der Waals surface area (Å²) in [5.41, 5.74) is 4.41. The highest BCUT2D eigenvalue weighted by Gasteiger charge is 2.14. The lowest BCUT2D eigenvalue weighted by molar-refractivity contribution is 0.191. The van der Waals surface area contributed by atoms with Crippen LogP contribution in [-0.4, -0.2) is 60.4 Å². The first kappa shape index (κ1) is 26.5. The number of nitrogens with one attached hydrogen (secondary N) is 1. The first-order valence-corrected chi connectivity index (χ1v) is 14.1. The number of aromatic nitrogens is 2. The molecule has 7 heteroatoms. The number of imidazole rings is 1. The van der Waals surface area contributed by atoms with E-state index in [0.717, 1.165) is 97.5 Å². The average molecular weight is 533 g/mol. The highest BCUT2D eigenvalue weighted by atomic mass is 35.5. The molecule has 0 aliphatic carbocycles. The van der Waals surface area contributed by atoms with Gasteiger partial charge in [0, 0.05) is 62.3 Å². The van der Waals surface area contributed by atoms with Gasteiger partial charge in [-0.1, -0.05) is 37.1 Å². The second kappa shape index (κ2) is 13.1. The number of hydrogen-bond donors (Lipinski definition) is 1. The van der Waals surface area contributed by atoms with Crippen LogP contribution in [0.1, 0.15) is 25.3 Å². The monoisotopic (exact) mass is 532 g/mol. The van der Waals surface area contributed by atoms with Crippen molar-refractivity contribution in [2.75, 3.05) is 45.9 Å². The Balaban J connectivity index is 1.26. The maximum atomic E-state index is 6.16. The number of ether oxygens (including phenoxy) is 2. The topological polar surface area (TPSA) is 51.6 Å². The van der Waals surface area contributed by atoms with Crippen molar-refractivity contribution in [3.05, 3.63) is 77.3 Å². The van der Waals surface area contributed by atoms with E-state index in [9.17, 15) is 0 Å². The van der Waals surface area contributed by atoms with Crippen LogP contribution in [0, 0.1) is 0 Å². The fourth-order valence-corrected chi connectivity index (χ4v) is 4.95. The van der Waals surface area contributed by atoms with E-state index < -0.39 is 0 Å². The molecular weight excluding hydrogens is 496 g/mol. The van der Waals surface area contributed by atoms with Gasteiger partial charge in [0.15, 0.2) is 0 Å². The molecule has 1 fully saturated rings. The maximum absolute atomic E-state index is 6.16. The molecule has 0 saturated carbocycles. The lowest BCUT2D eigenvalue weighted by atomic mass is 10.1. The summed E-state index contributed by atoms with van der Waals surface area (Å²) in [6, 6.07) is 22.5. The van der Waals surface area contributed by atoms with Gasteiger partial charge in [-0.05, 0) is 60.5 Å². The maximum Gasteiger partial charge on any atom is 0.141 e. The van der Waals surface area contributed by atoms with Crippen LogP contribution in [0.4, 0.5) is 0 Å². The van der Waals surface area contributed by atoms with Crippen molar-refractivity contribution in [2.24, 2.45) is 0 Å². The minimum absolute atomic E-state index is 0.618. The molecule has 0 atom stereocenters. The number of aryl methyl sites for hydroxylation is 1. The lowest BCUT2D eigenvalue weighted by Crippen LogP contribution is -2.44. The van der Waals surface area contributed by atoms with E-state index in [0.29, 0.717) is 13.2 Å². The van der Waals surface area contributed by atoms with Gasteiger partial charge in [0.05, 0.1) is 17.6 Å². The smallest absolute Gasteiger partial charge is 0.141 e. The molecule has 4 aromatic rings. The SMILES string of the molecule is CCCCn1c(-c2ccc(OCCc3ccc(Cl)cc3)cc2)nc2ccc(OCCN3CCNCC3)cc21. The molecule has 0 radical (unpaired) electrons. The van der Waals surface area contributed by atoms with Crippen LogP contribution in [-0.2, 0) is 13.0 Å². The van der Waals surface area contributed by atoms with Gasteiger partial charge in [0.2, 0.25) is 0 Å². The Bertz CT molecular complexity index is 1300. The van der Waals surface area contributed by atoms with Crippen molar-refractivity contribution in [3.63, 3.8) is 0 Å². The van der Waals surface area contributed by atoms with E-state index in [-0.39, 0.29) is 0 Å². The molecule has 5 rings (SSSR count). The third-order valence-electron chi connectivity index (χ3n) is 7.03. The van der Waals surface area contributed by atoms with Gasteiger partial charge in [-0.3, -0.25) is 4.90 Å². The van der Waals surface area contributed by atoms with Gasteiger partial charge in [0.25, 0.3) is 0 Å². The average Bonchev–Trinajstić information content (AvgIpc) is 3.31. The third-order valence-corrected chi connectivity index (χ3v) is 7.28. The van der Waals surface area contributed by atoms with E-state index in [1.165, 1.54) is 5.56 Å². The normalized spacial score (nSPS) is 14.2. The molecule has 0 amide bonds. The van der Waals surface area contributed by atoms with Gasteiger partial charge in [-0.25, -0.2) is 4.98 Å². The van der Waals surface area contributed by atoms with Crippen LogP contribution in [0.3, 0.4) is 0 Å². The predicted octanol–water partition coefficient (Wildman–Crippen LogP) is 6.06. The molecule has 6 nitrogen and oxygen atoms in total. The summed E-state index contributed by atoms with van der Waals surface area (Å²) in [5, 5.41) is 4.15. The summed E-state index contributed by atoms with van der Waals surface area (Å²) in [7, 11) is 0. The van der Waals surface area contributed by atoms with Gasteiger partial charge >= 0.3 is 0 Å². The number of piperazine rings is 1. The zero-order chi connectivity index (χ0) is 26.2. The Morgan fingerprint density at radius 2 is 1.61 bits per heavy atom. The van der Waals surface area contributed by atoms with E-state index in [1.54, 1.807) is 0 Å². The van der Waals surface area contributed by atoms with Crippen molar-refractivity contribution < 1.29 is 9.47 Å². The molecule has 1 saturated heterocycles. The summed E-state index contributed by atoms with van der Waals surface area (Å²) >= 11 is 5.98. The van der Waals surface area contributed by atoms with Crippen LogP contribution in [0.15, 0.2) is 66.7 Å². The van der Waals surface area contributed by atoms with Crippen LogP contribution < -0.4 is 14.8 Å². The Morgan fingerprint density at radius 1 is 0.868 bits per heavy atom. The van der Waals surface area contributed by atoms with Crippen LogP contribution in [0.2, 0.25) is 5.02 Å². The highest BCUT2D eigenvalue weighted by molar-refractivity contribution is 6.30. The standard InChI is InChI=1S/C31H37ClN4O2/c1-2-3-17-36-30-23-28(38-22-20-35-18-15-33-16-19-35)12-13-29(30)34-31(36)25-6-10-27(11-7-25)37-21-14-24-4-8-26(32)9-5-24/h4-13,23,33H,2-3,14-22H2,1H3. The second-order valence-electron chi connectivity index (χ2n) is 9.78. The van der Waals surface area contributed by atoms with Crippen molar-refractivity contribution in [1.29, 1.82) is 0 Å². The Labute approximate surface area is 230 Å². The zero-order valence-corrected chi connectivity index (χ0v) is 22.9. The van der Waals surface area contributed by atoms with Crippen molar-refractivity contribution in [1.82, 2.24) is 19.8 Å². The molecule has 1 aromatic heterocycles. The molecule has 0 unspecified atom stereocenters. The molecule has 0 spiro atoms. The molecule has 1 N–H and O–H groups in total. The minimum atomic E-state index is 0.618. The molecule has 200 valence electrons. The number of fused-ring (bicyclic) bond motifs is 1. The Hall–Kier alpha value is -3.06. The van der Waals surface area contributed by atoms with Crippen LogP contribution in [0.5, 0.6) is 11.5 Å². The number of hydrogen-bond acceptors (Lipinski definition) is 5. The molecule has 3 aromatic carbocycles. The number of halogens is 1. The summed E-state index contributed by atoms with van der Waals surface area (Å²) < 4.78 is 14.5. The van der Waals surface area contributed by atoms with E-state index in [1.807, 2.05) is 42.5 Å². The largest absolute Gasteiger partial charge is 0.493 e. The predicted molar refractivity (Wildman–Crippen MR) is 156 cm³/mol. The number of benzene rings is 3. The summed E-state index contributed by atoms with van der Waals surface area (Å²) in [6.07, 6.45) is 3.06. The molecule has 2 heterocycles. The minimum Gasteiger partial charge on any atom is -0.493 e. The van der Waals surface area contributed by atoms with Gasteiger partial charge < -0.3 is 19.4 Å². The third kappa shape index (κ3) is 6.87. The summed E-state index contributed by atoms with van der Waals surface area (Å²) in [6.45, 7) is 9.70. The van der Waals surface area contributed by atoms with E-state index in [2.05, 4.69) is 46.0 Å². The zero-order valence-electron chi connectivity index (χ0n) is 22.2. The Morgan fingerprint density at radius 3 is 2.37 bits per heavy atom. The Kier molecular flexibility index (Phi) is 9.18. The molecule has 1 aliphatic rings. The highest BCUT2D eigenvalue weighted by Crippen LogP contribution is 2.29. The second-order valence-corrected chi connectivity index (χ2v) is 10.2. The molecule has 1 aliphatic heterocycles. The van der Waals surface area contributed by atoms with Crippen molar-refractivity contribution in [2.45, 2.75) is 32.7 Å². The van der Waals surface area contributed by atoms with E-state index in [4.69, 9.17) is 26.1 Å². The number of unbranched alkanes of at least 4 members (excludes halogenated alkanes) is 1. The first-order chi connectivity index (χ1) is 18.7. The van der Waals surface area contributed by atoms with Crippen molar-refractivity contribution >= 4 is 22.6 Å². The summed E-state index contributed by atoms with van der Waals surface area (Å²) in [5.74, 6) is 2.75. The fourth-order valence-electron chi connectivity index (χ4n) is 4.82. The molecular formula is C31H37ClN4O2. The summed E-state index contributed by atoms with van der Waals surface area (Å²) in [4.78, 5) is 7.46. The molecule has 38 heavy (non-hydrogen) atoms.